The molecule has 1 heterocycles. The highest BCUT2D eigenvalue weighted by Crippen LogP contribution is 2.24. The second kappa shape index (κ2) is 5.95. The van der Waals surface area contributed by atoms with Crippen molar-refractivity contribution in [2.24, 2.45) is 0 Å². The smallest absolute Gasteiger partial charge is 0.0900 e. The molecule has 1 N–H and O–H groups in total. The molecule has 1 aliphatic rings. The topological polar surface area (TPSA) is 32.7 Å². The number of hydrogen-bond donors (Lipinski definition) is 1. The van der Waals surface area contributed by atoms with Crippen molar-refractivity contribution in [2.45, 2.75) is 31.2 Å². The van der Waals surface area contributed by atoms with E-state index in [1.807, 2.05) is 11.8 Å². The van der Waals surface area contributed by atoms with Crippen LogP contribution >= 0.6 is 11.8 Å². The molecule has 0 radical (unpaired) electrons. The average molecular weight is 219 g/mol. The molecule has 0 saturated carbocycles. The highest BCUT2D eigenvalue weighted by Gasteiger charge is 2.26. The molecule has 14 heavy (non-hydrogen) atoms. The number of rotatable bonds is 4. The molecule has 3 atom stereocenters. The van der Waals surface area contributed by atoms with Crippen molar-refractivity contribution < 1.29 is 9.84 Å². The van der Waals surface area contributed by atoms with Crippen LogP contribution in [0.3, 0.4) is 0 Å². The van der Waals surface area contributed by atoms with E-state index in [-0.39, 0.29) is 6.10 Å². The fraction of sp³-hybridized carbons (Fsp3) is 1.00. The number of thioether (sulfide) groups is 1. The maximum atomic E-state index is 9.63. The maximum absolute atomic E-state index is 9.63. The van der Waals surface area contributed by atoms with Crippen LogP contribution < -0.4 is 0 Å². The summed E-state index contributed by atoms with van der Waals surface area (Å²) in [6, 6.07) is 0.556. The van der Waals surface area contributed by atoms with Gasteiger partial charge < -0.3 is 9.84 Å². The van der Waals surface area contributed by atoms with Crippen molar-refractivity contribution in [2.75, 3.05) is 32.6 Å². The third kappa shape index (κ3) is 3.42. The molecule has 3 nitrogen and oxygen atoms in total. The van der Waals surface area contributed by atoms with E-state index in [0.29, 0.717) is 17.9 Å². The summed E-state index contributed by atoms with van der Waals surface area (Å²) in [5.41, 5.74) is 0. The van der Waals surface area contributed by atoms with E-state index in [1.165, 1.54) is 5.75 Å². The van der Waals surface area contributed by atoms with Gasteiger partial charge in [-0.05, 0) is 6.92 Å². The zero-order chi connectivity index (χ0) is 10.6. The van der Waals surface area contributed by atoms with Crippen molar-refractivity contribution in [1.82, 2.24) is 4.90 Å². The fourth-order valence-electron chi connectivity index (χ4n) is 1.77. The lowest BCUT2D eigenvalue weighted by Gasteiger charge is -2.38. The first-order valence-corrected chi connectivity index (χ1v) is 6.22. The molecule has 0 aliphatic carbocycles. The Morgan fingerprint density at radius 1 is 1.57 bits per heavy atom. The molecule has 4 heteroatoms. The molecule has 1 fully saturated rings. The lowest BCUT2D eigenvalue weighted by Crippen LogP contribution is -2.48. The van der Waals surface area contributed by atoms with E-state index in [2.05, 4.69) is 18.7 Å². The first kappa shape index (κ1) is 12.3. The number of methoxy groups -OCH3 is 1. The van der Waals surface area contributed by atoms with Gasteiger partial charge >= 0.3 is 0 Å². The predicted molar refractivity (Wildman–Crippen MR) is 60.8 cm³/mol. The van der Waals surface area contributed by atoms with Crippen LogP contribution in [0.25, 0.3) is 0 Å². The molecule has 1 saturated heterocycles. The molecule has 0 amide bonds. The molecule has 0 aromatic rings. The molecule has 0 spiro atoms. The van der Waals surface area contributed by atoms with Gasteiger partial charge in [-0.15, -0.1) is 0 Å². The minimum absolute atomic E-state index is 0.349. The van der Waals surface area contributed by atoms with Gasteiger partial charge in [0.1, 0.15) is 0 Å². The van der Waals surface area contributed by atoms with E-state index in [0.717, 1.165) is 13.1 Å². The predicted octanol–water partition coefficient (Wildman–Crippen LogP) is 0.820. The quantitative estimate of drug-likeness (QED) is 0.759. The van der Waals surface area contributed by atoms with Crippen LogP contribution in [-0.2, 0) is 4.74 Å². The zero-order valence-corrected chi connectivity index (χ0v) is 10.1. The number of hydrogen-bond acceptors (Lipinski definition) is 4. The highest BCUT2D eigenvalue weighted by molar-refractivity contribution is 8.00. The molecular weight excluding hydrogens is 198 g/mol. The Hall–Kier alpha value is 0.230. The molecule has 1 rings (SSSR count). The van der Waals surface area contributed by atoms with Gasteiger partial charge in [0.25, 0.3) is 0 Å². The third-order valence-corrected chi connectivity index (χ3v) is 4.16. The van der Waals surface area contributed by atoms with Gasteiger partial charge in [-0.1, -0.05) is 6.92 Å². The van der Waals surface area contributed by atoms with Crippen LogP contribution in [0, 0.1) is 0 Å². The molecule has 0 aromatic heterocycles. The van der Waals surface area contributed by atoms with Crippen LogP contribution in [0.15, 0.2) is 0 Å². The van der Waals surface area contributed by atoms with Crippen molar-refractivity contribution >= 4 is 11.8 Å². The molecule has 0 bridgehead atoms. The Labute approximate surface area is 90.8 Å². The normalized spacial score (nSPS) is 31.7. The maximum Gasteiger partial charge on any atom is 0.0900 e. The van der Waals surface area contributed by atoms with Crippen LogP contribution in [0.5, 0.6) is 0 Å². The summed E-state index contributed by atoms with van der Waals surface area (Å²) in [6.07, 6.45) is -0.349. The van der Waals surface area contributed by atoms with Crippen molar-refractivity contribution in [3.05, 3.63) is 0 Å². The molecule has 3 unspecified atom stereocenters. The van der Waals surface area contributed by atoms with Gasteiger partial charge in [0.15, 0.2) is 0 Å². The van der Waals surface area contributed by atoms with Gasteiger partial charge in [-0.3, -0.25) is 4.90 Å². The SMILES string of the molecule is COCC(O)CN1CCSC(C)C1C. The first-order valence-electron chi connectivity index (χ1n) is 5.17. The number of aliphatic hydroxyl groups excluding tert-OH is 1. The van der Waals surface area contributed by atoms with Crippen molar-refractivity contribution in [3.8, 4) is 0 Å². The second-order valence-corrected chi connectivity index (χ2v) is 5.41. The van der Waals surface area contributed by atoms with Crippen LogP contribution in [-0.4, -0.2) is 60.0 Å². The minimum Gasteiger partial charge on any atom is -0.389 e. The van der Waals surface area contributed by atoms with Gasteiger partial charge in [-0.25, -0.2) is 0 Å². The molecular formula is C10H21NO2S. The molecule has 84 valence electrons. The molecule has 0 aromatic carbocycles. The summed E-state index contributed by atoms with van der Waals surface area (Å²) in [5.74, 6) is 1.17. The fourth-order valence-corrected chi connectivity index (χ4v) is 2.93. The number of β-amino-alcohol motifs (C(OH)–C–C–N with tert-alkyl or cyclic N) is 1. The Balaban J connectivity index is 2.35. The van der Waals surface area contributed by atoms with Gasteiger partial charge in [0, 0.05) is 37.2 Å². The van der Waals surface area contributed by atoms with E-state index < -0.39 is 0 Å². The van der Waals surface area contributed by atoms with Crippen LogP contribution in [0.4, 0.5) is 0 Å². The van der Waals surface area contributed by atoms with Gasteiger partial charge in [0.2, 0.25) is 0 Å². The summed E-state index contributed by atoms with van der Waals surface area (Å²) in [5, 5.41) is 10.3. The van der Waals surface area contributed by atoms with Crippen LogP contribution in [0.2, 0.25) is 0 Å². The van der Waals surface area contributed by atoms with E-state index in [1.54, 1.807) is 7.11 Å². The lowest BCUT2D eigenvalue weighted by atomic mass is 10.2. The summed E-state index contributed by atoms with van der Waals surface area (Å²) < 4.78 is 4.93. The first-order chi connectivity index (χ1) is 6.65. The van der Waals surface area contributed by atoms with Crippen molar-refractivity contribution in [1.29, 1.82) is 0 Å². The van der Waals surface area contributed by atoms with Gasteiger partial charge in [-0.2, -0.15) is 11.8 Å². The Morgan fingerprint density at radius 3 is 2.93 bits per heavy atom. The Morgan fingerprint density at radius 2 is 2.29 bits per heavy atom. The largest absolute Gasteiger partial charge is 0.389 e. The number of ether oxygens (including phenoxy) is 1. The number of aliphatic hydroxyl groups is 1. The lowest BCUT2D eigenvalue weighted by molar-refractivity contribution is 0.0293. The summed E-state index contributed by atoms with van der Waals surface area (Å²) in [4.78, 5) is 2.35. The average Bonchev–Trinajstić information content (AvgIpc) is 2.13. The summed E-state index contributed by atoms with van der Waals surface area (Å²) in [7, 11) is 1.63. The highest BCUT2D eigenvalue weighted by atomic mass is 32.2. The van der Waals surface area contributed by atoms with Gasteiger partial charge in [0.05, 0.1) is 12.7 Å². The zero-order valence-electron chi connectivity index (χ0n) is 9.27. The van der Waals surface area contributed by atoms with E-state index in [4.69, 9.17) is 4.74 Å². The third-order valence-electron chi connectivity index (χ3n) is 2.82. The Bertz CT molecular complexity index is 168. The summed E-state index contributed by atoms with van der Waals surface area (Å²) in [6.45, 7) is 6.74. The second-order valence-electron chi connectivity index (χ2n) is 3.92. The number of nitrogens with zero attached hydrogens (tertiary/aromatic N) is 1. The minimum atomic E-state index is -0.349. The van der Waals surface area contributed by atoms with E-state index >= 15 is 0 Å². The monoisotopic (exact) mass is 219 g/mol. The van der Waals surface area contributed by atoms with Crippen molar-refractivity contribution in [3.63, 3.8) is 0 Å². The Kier molecular flexibility index (Phi) is 5.23. The van der Waals surface area contributed by atoms with Crippen LogP contribution in [0.1, 0.15) is 13.8 Å². The van der Waals surface area contributed by atoms with E-state index in [9.17, 15) is 5.11 Å². The molecule has 1 aliphatic heterocycles. The summed E-state index contributed by atoms with van der Waals surface area (Å²) >= 11 is 2.02. The standard InChI is InChI=1S/C10H21NO2S/c1-8-9(2)14-5-4-11(8)6-10(12)7-13-3/h8-10,12H,4-7H2,1-3H3.